The number of fused-ring (bicyclic) bond motifs is 2. The molecule has 0 amide bonds. The summed E-state index contributed by atoms with van der Waals surface area (Å²) in [5.41, 5.74) is 2.10. The Balaban J connectivity index is 1.49. The van der Waals surface area contributed by atoms with E-state index in [1.54, 1.807) is 0 Å². The summed E-state index contributed by atoms with van der Waals surface area (Å²) in [7, 11) is 0. The average molecular weight is 363 g/mol. The first-order valence-electron chi connectivity index (χ1n) is 9.98. The predicted octanol–water partition coefficient (Wildman–Crippen LogP) is 4.84. The second kappa shape index (κ2) is 6.76. The number of imidazole rings is 1. The summed E-state index contributed by atoms with van der Waals surface area (Å²) in [6, 6.07) is 8.75. The van der Waals surface area contributed by atoms with E-state index < -0.39 is 0 Å². The van der Waals surface area contributed by atoms with E-state index in [1.807, 2.05) is 24.4 Å². The molecule has 1 aliphatic heterocycles. The Hall–Kier alpha value is -2.76. The van der Waals surface area contributed by atoms with Crippen molar-refractivity contribution in [2.45, 2.75) is 51.5 Å². The van der Waals surface area contributed by atoms with Crippen LogP contribution in [0, 0.1) is 0 Å². The van der Waals surface area contributed by atoms with E-state index in [0.717, 1.165) is 53.5 Å². The van der Waals surface area contributed by atoms with Crippen molar-refractivity contribution in [3.8, 4) is 5.75 Å². The number of nitrogens with zero attached hydrogens (tertiary/aromatic N) is 3. The van der Waals surface area contributed by atoms with Gasteiger partial charge in [-0.15, -0.1) is 0 Å². The van der Waals surface area contributed by atoms with E-state index in [-0.39, 0.29) is 0 Å². The van der Waals surface area contributed by atoms with Gasteiger partial charge in [-0.2, -0.15) is 4.99 Å². The van der Waals surface area contributed by atoms with E-state index in [0.29, 0.717) is 11.9 Å². The van der Waals surface area contributed by atoms with Gasteiger partial charge in [-0.05, 0) is 31.4 Å². The van der Waals surface area contributed by atoms with Crippen molar-refractivity contribution in [1.82, 2.24) is 19.9 Å². The Bertz CT molecular complexity index is 980. The van der Waals surface area contributed by atoms with E-state index in [9.17, 15) is 0 Å². The van der Waals surface area contributed by atoms with Gasteiger partial charge in [0.05, 0.1) is 17.8 Å². The van der Waals surface area contributed by atoms with Crippen LogP contribution in [0.2, 0.25) is 0 Å². The fraction of sp³-hybridized carbons (Fsp3) is 0.429. The van der Waals surface area contributed by atoms with Gasteiger partial charge in [0.15, 0.2) is 11.6 Å². The standard InChI is InChI=1S/C21H25N5O/c1-2-12-26-13-16-20(24-19(23-16)15-6-3-4-7-15)25-21(26)27-17-9-5-8-14-10-11-22-18(14)17/h5,8-11,15,22H,2-4,6-7,12-13H2,1H3,(H,23,24). The van der Waals surface area contributed by atoms with Gasteiger partial charge >= 0.3 is 0 Å². The highest BCUT2D eigenvalue weighted by Crippen LogP contribution is 2.36. The summed E-state index contributed by atoms with van der Waals surface area (Å²) >= 11 is 0. The molecule has 2 N–H and O–H groups in total. The number of rotatable bonds is 4. The summed E-state index contributed by atoms with van der Waals surface area (Å²) in [6.07, 6.45) is 8.03. The highest BCUT2D eigenvalue weighted by molar-refractivity contribution is 5.89. The van der Waals surface area contributed by atoms with Gasteiger partial charge in [-0.25, -0.2) is 4.98 Å². The molecule has 1 aliphatic carbocycles. The number of para-hydroxylation sites is 1. The van der Waals surface area contributed by atoms with Crippen LogP contribution in [0.5, 0.6) is 5.75 Å². The van der Waals surface area contributed by atoms with Crippen LogP contribution in [-0.4, -0.2) is 32.4 Å². The maximum atomic E-state index is 6.27. The summed E-state index contributed by atoms with van der Waals surface area (Å²) < 4.78 is 6.27. The lowest BCUT2D eigenvalue weighted by molar-refractivity contribution is 0.325. The predicted molar refractivity (Wildman–Crippen MR) is 107 cm³/mol. The van der Waals surface area contributed by atoms with Crippen molar-refractivity contribution in [1.29, 1.82) is 0 Å². The number of H-pyrrole nitrogens is 2. The fourth-order valence-corrected chi connectivity index (χ4v) is 4.21. The minimum Gasteiger partial charge on any atom is -0.423 e. The smallest absolute Gasteiger partial charge is 0.300 e. The van der Waals surface area contributed by atoms with Gasteiger partial charge in [-0.3, -0.25) is 0 Å². The molecule has 0 unspecified atom stereocenters. The first kappa shape index (κ1) is 16.4. The highest BCUT2D eigenvalue weighted by atomic mass is 16.5. The molecule has 1 fully saturated rings. The number of ether oxygens (including phenoxy) is 1. The molecule has 2 aliphatic rings. The van der Waals surface area contributed by atoms with Crippen LogP contribution in [-0.2, 0) is 6.54 Å². The zero-order valence-electron chi connectivity index (χ0n) is 15.7. The van der Waals surface area contributed by atoms with E-state index in [4.69, 9.17) is 14.7 Å². The Morgan fingerprint density at radius 2 is 2.11 bits per heavy atom. The van der Waals surface area contributed by atoms with Gasteiger partial charge < -0.3 is 19.6 Å². The van der Waals surface area contributed by atoms with Crippen LogP contribution in [0.3, 0.4) is 0 Å². The Morgan fingerprint density at radius 1 is 1.22 bits per heavy atom. The second-order valence-electron chi connectivity index (χ2n) is 7.52. The molecule has 1 saturated carbocycles. The van der Waals surface area contributed by atoms with Gasteiger partial charge in [-0.1, -0.05) is 31.9 Å². The molecule has 1 aromatic carbocycles. The molecule has 0 radical (unpaired) electrons. The van der Waals surface area contributed by atoms with E-state index >= 15 is 0 Å². The number of aliphatic imine (C=N–C) groups is 1. The molecule has 6 heteroatoms. The molecule has 3 heterocycles. The highest BCUT2D eigenvalue weighted by Gasteiger charge is 2.28. The number of hydrogen-bond acceptors (Lipinski definition) is 4. The Labute approximate surface area is 158 Å². The molecule has 3 aromatic rings. The van der Waals surface area contributed by atoms with E-state index in [2.05, 4.69) is 27.9 Å². The minimum atomic E-state index is 0.558. The number of aromatic nitrogens is 3. The van der Waals surface area contributed by atoms with Gasteiger partial charge in [0, 0.05) is 24.0 Å². The summed E-state index contributed by atoms with van der Waals surface area (Å²) in [6.45, 7) is 3.84. The molecule has 0 bridgehead atoms. The van der Waals surface area contributed by atoms with E-state index in [1.165, 1.54) is 25.7 Å². The van der Waals surface area contributed by atoms with Crippen LogP contribution in [0.25, 0.3) is 10.9 Å². The van der Waals surface area contributed by atoms with Crippen LogP contribution in [0.4, 0.5) is 5.82 Å². The molecular weight excluding hydrogens is 338 g/mol. The topological polar surface area (TPSA) is 69.3 Å². The summed E-state index contributed by atoms with van der Waals surface area (Å²) in [5.74, 6) is 3.25. The quantitative estimate of drug-likeness (QED) is 0.697. The van der Waals surface area contributed by atoms with Crippen molar-refractivity contribution in [2.75, 3.05) is 6.54 Å². The number of amidine groups is 1. The first-order valence-corrected chi connectivity index (χ1v) is 9.98. The molecule has 0 spiro atoms. The molecule has 0 atom stereocenters. The maximum absolute atomic E-state index is 6.27. The number of aromatic amines is 2. The molecule has 5 rings (SSSR count). The molecule has 140 valence electrons. The van der Waals surface area contributed by atoms with Gasteiger partial charge in [0.1, 0.15) is 5.82 Å². The second-order valence-corrected chi connectivity index (χ2v) is 7.52. The number of nitrogens with one attached hydrogen (secondary N) is 2. The summed E-state index contributed by atoms with van der Waals surface area (Å²) in [4.78, 5) is 18.6. The fourth-order valence-electron chi connectivity index (χ4n) is 4.21. The zero-order valence-corrected chi connectivity index (χ0v) is 15.7. The third kappa shape index (κ3) is 2.99. The monoisotopic (exact) mass is 363 g/mol. The van der Waals surface area contributed by atoms with Crippen molar-refractivity contribution >= 4 is 22.7 Å². The van der Waals surface area contributed by atoms with Crippen LogP contribution >= 0.6 is 0 Å². The Kier molecular flexibility index (Phi) is 4.11. The van der Waals surface area contributed by atoms with Gasteiger partial charge in [0.2, 0.25) is 0 Å². The van der Waals surface area contributed by atoms with Crippen LogP contribution in [0.1, 0.15) is 56.5 Å². The largest absolute Gasteiger partial charge is 0.423 e. The molecular formula is C21H25N5O. The lowest BCUT2D eigenvalue weighted by atomic mass is 10.1. The van der Waals surface area contributed by atoms with Crippen molar-refractivity contribution in [3.05, 3.63) is 42.0 Å². The minimum absolute atomic E-state index is 0.558. The summed E-state index contributed by atoms with van der Waals surface area (Å²) in [5, 5.41) is 1.13. The number of benzene rings is 1. The third-order valence-corrected chi connectivity index (χ3v) is 5.58. The number of hydrogen-bond donors (Lipinski definition) is 2. The van der Waals surface area contributed by atoms with Crippen LogP contribution < -0.4 is 4.74 Å². The van der Waals surface area contributed by atoms with Gasteiger partial charge in [0.25, 0.3) is 6.02 Å². The maximum Gasteiger partial charge on any atom is 0.300 e. The molecule has 27 heavy (non-hydrogen) atoms. The lowest BCUT2D eigenvalue weighted by Crippen LogP contribution is -2.37. The molecule has 2 aromatic heterocycles. The third-order valence-electron chi connectivity index (χ3n) is 5.58. The normalized spacial score (nSPS) is 17.4. The van der Waals surface area contributed by atoms with Crippen molar-refractivity contribution < 1.29 is 4.74 Å². The average Bonchev–Trinajstić information content (AvgIpc) is 3.42. The molecule has 6 nitrogen and oxygen atoms in total. The molecule has 0 saturated heterocycles. The SMILES string of the molecule is CCCN1Cc2[nH]c(C3CCCC3)nc2N=C1Oc1cccc2cc[nH]c12. The first-order chi connectivity index (χ1) is 13.3. The zero-order chi connectivity index (χ0) is 18.2. The lowest BCUT2D eigenvalue weighted by Gasteiger charge is -2.27. The van der Waals surface area contributed by atoms with Crippen molar-refractivity contribution in [2.24, 2.45) is 4.99 Å². The Morgan fingerprint density at radius 3 is 2.96 bits per heavy atom. The van der Waals surface area contributed by atoms with Crippen LogP contribution in [0.15, 0.2) is 35.5 Å². The van der Waals surface area contributed by atoms with Crippen molar-refractivity contribution in [3.63, 3.8) is 0 Å².